The van der Waals surface area contributed by atoms with Gasteiger partial charge in [-0.1, -0.05) is 6.07 Å². The molecule has 2 aliphatic heterocycles. The van der Waals surface area contributed by atoms with Gasteiger partial charge in [-0.15, -0.1) is 10.2 Å². The molecule has 176 valence electrons. The highest BCUT2D eigenvalue weighted by molar-refractivity contribution is 7.90. The van der Waals surface area contributed by atoms with E-state index in [1.54, 1.807) is 18.3 Å². The zero-order valence-electron chi connectivity index (χ0n) is 18.8. The molecule has 3 aromatic heterocycles. The molecule has 1 N–H and O–H groups in total. The standard InChI is InChI=1S/C23H25N7O3S/c1-14-5-8-21-27-28-22(30(14)21)18-3-2-4-20(25-18)26-23(31)19-11-16-13-29(10-9-15(16)12-24-19)34(32,33)17-6-7-17/h2-4,11-12,14,17H,5-10,13H2,1H3,(H,25,26,31)/t14-/m0/s1. The molecule has 0 bridgehead atoms. The molecule has 0 spiro atoms. The molecule has 0 radical (unpaired) electrons. The third kappa shape index (κ3) is 3.68. The smallest absolute Gasteiger partial charge is 0.275 e. The minimum Gasteiger partial charge on any atom is -0.307 e. The number of amides is 1. The highest BCUT2D eigenvalue weighted by Crippen LogP contribution is 2.34. The van der Waals surface area contributed by atoms with Crippen LogP contribution in [-0.2, 0) is 29.4 Å². The van der Waals surface area contributed by atoms with Gasteiger partial charge in [0.25, 0.3) is 5.91 Å². The summed E-state index contributed by atoms with van der Waals surface area (Å²) in [5, 5.41) is 11.1. The van der Waals surface area contributed by atoms with E-state index in [0.29, 0.717) is 36.3 Å². The number of nitrogens with one attached hydrogen (secondary N) is 1. The Balaban J connectivity index is 1.22. The van der Waals surface area contributed by atoms with Crippen LogP contribution >= 0.6 is 0 Å². The van der Waals surface area contributed by atoms with Crippen molar-refractivity contribution in [1.82, 2.24) is 29.0 Å². The van der Waals surface area contributed by atoms with Crippen molar-refractivity contribution in [2.45, 2.75) is 56.9 Å². The largest absolute Gasteiger partial charge is 0.307 e. The van der Waals surface area contributed by atoms with Crippen molar-refractivity contribution in [3.8, 4) is 11.5 Å². The summed E-state index contributed by atoms with van der Waals surface area (Å²) in [5.41, 5.74) is 2.68. The molecule has 1 saturated carbocycles. The number of sulfonamides is 1. The van der Waals surface area contributed by atoms with E-state index in [9.17, 15) is 13.2 Å². The van der Waals surface area contributed by atoms with Gasteiger partial charge in [-0.25, -0.2) is 13.4 Å². The summed E-state index contributed by atoms with van der Waals surface area (Å²) in [7, 11) is -3.26. The van der Waals surface area contributed by atoms with Crippen LogP contribution in [0.4, 0.5) is 5.82 Å². The van der Waals surface area contributed by atoms with Crippen molar-refractivity contribution in [3.63, 3.8) is 0 Å². The second-order valence-electron chi connectivity index (χ2n) is 9.23. The van der Waals surface area contributed by atoms with E-state index >= 15 is 0 Å². The van der Waals surface area contributed by atoms with E-state index in [1.165, 1.54) is 4.31 Å². The Morgan fingerprint density at radius 2 is 1.97 bits per heavy atom. The fraction of sp³-hybridized carbons (Fsp3) is 0.435. The van der Waals surface area contributed by atoms with Gasteiger partial charge in [-0.3, -0.25) is 9.78 Å². The van der Waals surface area contributed by atoms with Crippen molar-refractivity contribution >= 4 is 21.7 Å². The maximum Gasteiger partial charge on any atom is 0.275 e. The summed E-state index contributed by atoms with van der Waals surface area (Å²) in [6, 6.07) is 7.39. The Bertz CT molecular complexity index is 1400. The van der Waals surface area contributed by atoms with Crippen molar-refractivity contribution in [2.75, 3.05) is 11.9 Å². The molecule has 0 unspecified atom stereocenters. The van der Waals surface area contributed by atoms with Crippen LogP contribution in [0.3, 0.4) is 0 Å². The number of rotatable bonds is 5. The Morgan fingerprint density at radius 1 is 1.12 bits per heavy atom. The Kier molecular flexibility index (Phi) is 4.99. The zero-order valence-corrected chi connectivity index (χ0v) is 19.6. The molecule has 10 nitrogen and oxygen atoms in total. The number of aromatic nitrogens is 5. The van der Waals surface area contributed by atoms with Crippen LogP contribution < -0.4 is 5.32 Å². The lowest BCUT2D eigenvalue weighted by Crippen LogP contribution is -2.38. The quantitative estimate of drug-likeness (QED) is 0.596. The monoisotopic (exact) mass is 479 g/mol. The summed E-state index contributed by atoms with van der Waals surface area (Å²) in [5.74, 6) is 1.65. The molecule has 3 aliphatic rings. The second-order valence-corrected chi connectivity index (χ2v) is 11.4. The minimum atomic E-state index is -3.26. The highest BCUT2D eigenvalue weighted by atomic mass is 32.2. The first-order valence-corrected chi connectivity index (χ1v) is 13.1. The Labute approximate surface area is 197 Å². The first kappa shape index (κ1) is 21.4. The average molecular weight is 480 g/mol. The van der Waals surface area contributed by atoms with E-state index < -0.39 is 15.9 Å². The van der Waals surface area contributed by atoms with Gasteiger partial charge in [0.2, 0.25) is 10.0 Å². The summed E-state index contributed by atoms with van der Waals surface area (Å²) in [6.45, 7) is 2.87. The van der Waals surface area contributed by atoms with Crippen LogP contribution in [0, 0.1) is 0 Å². The number of nitrogens with zero attached hydrogens (tertiary/aromatic N) is 6. The van der Waals surface area contributed by atoms with Crippen LogP contribution in [0.5, 0.6) is 0 Å². The zero-order chi connectivity index (χ0) is 23.4. The molecular formula is C23H25N7O3S. The number of pyridine rings is 2. The molecule has 0 aromatic carbocycles. The molecular weight excluding hydrogens is 454 g/mol. The second kappa shape index (κ2) is 7.95. The number of fused-ring (bicyclic) bond motifs is 2. The van der Waals surface area contributed by atoms with Crippen LogP contribution in [0.25, 0.3) is 11.5 Å². The number of carbonyl (C=O) groups is 1. The molecule has 1 fully saturated rings. The van der Waals surface area contributed by atoms with Crippen molar-refractivity contribution in [1.29, 1.82) is 0 Å². The number of aryl methyl sites for hydroxylation is 1. The molecule has 3 aromatic rings. The van der Waals surface area contributed by atoms with Crippen molar-refractivity contribution < 1.29 is 13.2 Å². The van der Waals surface area contributed by atoms with Gasteiger partial charge >= 0.3 is 0 Å². The third-order valence-electron chi connectivity index (χ3n) is 6.81. The fourth-order valence-corrected chi connectivity index (χ4v) is 6.56. The molecule has 5 heterocycles. The number of anilines is 1. The molecule has 1 aliphatic carbocycles. The molecule has 1 amide bonds. The molecule has 34 heavy (non-hydrogen) atoms. The van der Waals surface area contributed by atoms with Crippen LogP contribution in [0.15, 0.2) is 30.5 Å². The lowest BCUT2D eigenvalue weighted by molar-refractivity contribution is 0.102. The maximum absolute atomic E-state index is 13.0. The van der Waals surface area contributed by atoms with E-state index in [4.69, 9.17) is 0 Å². The van der Waals surface area contributed by atoms with E-state index in [-0.39, 0.29) is 17.5 Å². The summed E-state index contributed by atoms with van der Waals surface area (Å²) >= 11 is 0. The SMILES string of the molecule is C[C@H]1CCc2nnc(-c3cccc(NC(=O)c4cc5c(cn4)CCN(S(=O)(=O)C4CC4)C5)n3)n21. The molecule has 1 atom stereocenters. The lowest BCUT2D eigenvalue weighted by Gasteiger charge is -2.28. The first-order valence-electron chi connectivity index (χ1n) is 11.6. The minimum absolute atomic E-state index is 0.230. The molecule has 0 saturated heterocycles. The van der Waals surface area contributed by atoms with Gasteiger partial charge in [-0.05, 0) is 61.9 Å². The predicted octanol–water partition coefficient (Wildman–Crippen LogP) is 2.34. The van der Waals surface area contributed by atoms with Crippen LogP contribution in [0.1, 0.15) is 59.7 Å². The van der Waals surface area contributed by atoms with E-state index in [1.807, 2.05) is 12.1 Å². The van der Waals surface area contributed by atoms with Crippen molar-refractivity contribution in [2.24, 2.45) is 0 Å². The number of carbonyl (C=O) groups excluding carboxylic acids is 1. The van der Waals surface area contributed by atoms with Gasteiger partial charge in [0, 0.05) is 31.7 Å². The maximum atomic E-state index is 13.0. The third-order valence-corrected chi connectivity index (χ3v) is 9.16. The van der Waals surface area contributed by atoms with Crippen LogP contribution in [-0.4, -0.2) is 55.2 Å². The normalized spacial score (nSPS) is 20.1. The number of hydrogen-bond donors (Lipinski definition) is 1. The van der Waals surface area contributed by atoms with Crippen molar-refractivity contribution in [3.05, 3.63) is 53.1 Å². The Morgan fingerprint density at radius 3 is 2.79 bits per heavy atom. The van der Waals surface area contributed by atoms with Gasteiger partial charge in [-0.2, -0.15) is 4.31 Å². The van der Waals surface area contributed by atoms with E-state index in [0.717, 1.165) is 42.6 Å². The van der Waals surface area contributed by atoms with Gasteiger partial charge in [0.1, 0.15) is 23.0 Å². The van der Waals surface area contributed by atoms with Crippen LogP contribution in [0.2, 0.25) is 0 Å². The van der Waals surface area contributed by atoms with E-state index in [2.05, 4.69) is 37.0 Å². The predicted molar refractivity (Wildman–Crippen MR) is 125 cm³/mol. The summed E-state index contributed by atoms with van der Waals surface area (Å²) in [4.78, 5) is 21.9. The highest BCUT2D eigenvalue weighted by Gasteiger charge is 2.41. The topological polar surface area (TPSA) is 123 Å². The summed E-state index contributed by atoms with van der Waals surface area (Å²) < 4.78 is 28.9. The van der Waals surface area contributed by atoms with Gasteiger partial charge < -0.3 is 9.88 Å². The molecule has 11 heteroatoms. The average Bonchev–Trinajstić information content (AvgIpc) is 3.53. The fourth-order valence-electron chi connectivity index (χ4n) is 4.74. The lowest BCUT2D eigenvalue weighted by atomic mass is 10.0. The number of hydrogen-bond acceptors (Lipinski definition) is 7. The summed E-state index contributed by atoms with van der Waals surface area (Å²) in [6.07, 6.45) is 5.67. The Hall–Kier alpha value is -3.18. The first-order chi connectivity index (χ1) is 16.4. The van der Waals surface area contributed by atoms with Gasteiger partial charge in [0.15, 0.2) is 5.82 Å². The van der Waals surface area contributed by atoms with Gasteiger partial charge in [0.05, 0.1) is 5.25 Å². The molecule has 6 rings (SSSR count).